The van der Waals surface area contributed by atoms with E-state index in [-0.39, 0.29) is 11.9 Å². The molecule has 0 atom stereocenters. The van der Waals surface area contributed by atoms with Gasteiger partial charge in [0, 0.05) is 16.8 Å². The number of amides is 1. The second kappa shape index (κ2) is 6.84. The molecule has 25 heavy (non-hydrogen) atoms. The number of hydrogen-bond acceptors (Lipinski definition) is 4. The Kier molecular flexibility index (Phi) is 4.61. The summed E-state index contributed by atoms with van der Waals surface area (Å²) in [5.74, 6) is 0.496. The Morgan fingerprint density at radius 3 is 2.68 bits per heavy atom. The monoisotopic (exact) mass is 335 g/mol. The Morgan fingerprint density at radius 1 is 1.12 bits per heavy atom. The molecule has 0 bridgehead atoms. The van der Waals surface area contributed by atoms with Crippen LogP contribution in [0.2, 0.25) is 0 Å². The summed E-state index contributed by atoms with van der Waals surface area (Å²) < 4.78 is 1.74. The molecule has 128 valence electrons. The maximum Gasteiger partial charge on any atom is 0.255 e. The molecular weight excluding hydrogens is 314 g/mol. The van der Waals surface area contributed by atoms with Crippen molar-refractivity contribution < 1.29 is 4.79 Å². The van der Waals surface area contributed by atoms with Crippen LogP contribution in [0.3, 0.4) is 0 Å². The van der Waals surface area contributed by atoms with Crippen molar-refractivity contribution in [2.24, 2.45) is 0 Å². The lowest BCUT2D eigenvalue weighted by Gasteiger charge is -2.11. The maximum absolute atomic E-state index is 12.6. The zero-order valence-corrected chi connectivity index (χ0v) is 14.8. The van der Waals surface area contributed by atoms with Crippen LogP contribution in [0.25, 0.3) is 11.4 Å². The molecule has 0 aliphatic rings. The highest BCUT2D eigenvalue weighted by molar-refractivity contribution is 6.05. The molecule has 1 N–H and O–H groups in total. The van der Waals surface area contributed by atoms with Crippen molar-refractivity contribution in [3.05, 3.63) is 59.2 Å². The molecule has 0 fully saturated rings. The number of benzene rings is 2. The average molecular weight is 335 g/mol. The highest BCUT2D eigenvalue weighted by Gasteiger charge is 2.14. The zero-order chi connectivity index (χ0) is 18.0. The van der Waals surface area contributed by atoms with Crippen molar-refractivity contribution >= 4 is 11.6 Å². The third-order valence-corrected chi connectivity index (χ3v) is 4.01. The Balaban J connectivity index is 1.90. The second-order valence-electron chi connectivity index (χ2n) is 6.39. The predicted octanol–water partition coefficient (Wildman–Crippen LogP) is 3.79. The van der Waals surface area contributed by atoms with Crippen LogP contribution in [0.4, 0.5) is 5.69 Å². The fourth-order valence-electron chi connectivity index (χ4n) is 2.60. The van der Waals surface area contributed by atoms with Crippen LogP contribution in [0, 0.1) is 13.8 Å². The van der Waals surface area contributed by atoms with Crippen LogP contribution in [0.5, 0.6) is 0 Å². The van der Waals surface area contributed by atoms with E-state index in [1.165, 1.54) is 0 Å². The molecule has 0 aliphatic carbocycles. The number of aromatic nitrogens is 4. The Labute approximate surface area is 146 Å². The number of nitrogens with one attached hydrogen (secondary N) is 1. The first kappa shape index (κ1) is 16.8. The van der Waals surface area contributed by atoms with Gasteiger partial charge in [-0.05, 0) is 67.4 Å². The third kappa shape index (κ3) is 3.57. The number of aryl methyl sites for hydroxylation is 2. The number of rotatable bonds is 4. The first-order chi connectivity index (χ1) is 12.0. The zero-order valence-electron chi connectivity index (χ0n) is 14.8. The summed E-state index contributed by atoms with van der Waals surface area (Å²) >= 11 is 0. The molecule has 0 radical (unpaired) electrons. The number of hydrogen-bond donors (Lipinski definition) is 1. The number of tetrazole rings is 1. The summed E-state index contributed by atoms with van der Waals surface area (Å²) in [5.41, 5.74) is 4.33. The molecule has 1 aromatic heterocycles. The SMILES string of the molecule is Cc1ccc(C)c(NC(=O)c2cccc(-c3nnnn3C(C)C)c2)c1. The highest BCUT2D eigenvalue weighted by Crippen LogP contribution is 2.22. The van der Waals surface area contributed by atoms with Gasteiger partial charge in [-0.2, -0.15) is 0 Å². The summed E-state index contributed by atoms with van der Waals surface area (Å²) in [4.78, 5) is 12.6. The van der Waals surface area contributed by atoms with E-state index < -0.39 is 0 Å². The minimum Gasteiger partial charge on any atom is -0.322 e. The van der Waals surface area contributed by atoms with Crippen LogP contribution >= 0.6 is 0 Å². The van der Waals surface area contributed by atoms with Gasteiger partial charge >= 0.3 is 0 Å². The first-order valence-electron chi connectivity index (χ1n) is 8.22. The number of carbonyl (C=O) groups excluding carboxylic acids is 1. The van der Waals surface area contributed by atoms with E-state index in [1.807, 2.05) is 64.1 Å². The van der Waals surface area contributed by atoms with Gasteiger partial charge in [0.05, 0.1) is 6.04 Å². The number of nitrogens with zero attached hydrogens (tertiary/aromatic N) is 4. The van der Waals surface area contributed by atoms with Gasteiger partial charge in [0.15, 0.2) is 5.82 Å². The van der Waals surface area contributed by atoms with E-state index in [9.17, 15) is 4.79 Å². The van der Waals surface area contributed by atoms with Gasteiger partial charge in [-0.25, -0.2) is 4.68 Å². The van der Waals surface area contributed by atoms with Gasteiger partial charge in [-0.3, -0.25) is 4.79 Å². The molecule has 0 unspecified atom stereocenters. The topological polar surface area (TPSA) is 72.7 Å². The van der Waals surface area contributed by atoms with E-state index in [0.29, 0.717) is 11.4 Å². The molecular formula is C19H21N5O. The van der Waals surface area contributed by atoms with E-state index in [2.05, 4.69) is 20.8 Å². The van der Waals surface area contributed by atoms with Gasteiger partial charge in [0.1, 0.15) is 0 Å². The lowest BCUT2D eigenvalue weighted by atomic mass is 10.1. The summed E-state index contributed by atoms with van der Waals surface area (Å²) in [6.07, 6.45) is 0. The summed E-state index contributed by atoms with van der Waals surface area (Å²) in [5, 5.41) is 14.8. The molecule has 6 heteroatoms. The summed E-state index contributed by atoms with van der Waals surface area (Å²) in [7, 11) is 0. The largest absolute Gasteiger partial charge is 0.322 e. The first-order valence-corrected chi connectivity index (χ1v) is 8.22. The van der Waals surface area contributed by atoms with Gasteiger partial charge in [-0.15, -0.1) is 5.10 Å². The summed E-state index contributed by atoms with van der Waals surface area (Å²) in [6.45, 7) is 8.00. The van der Waals surface area contributed by atoms with Crippen molar-refractivity contribution in [3.63, 3.8) is 0 Å². The molecule has 0 spiro atoms. The van der Waals surface area contributed by atoms with Crippen molar-refractivity contribution in [1.82, 2.24) is 20.2 Å². The van der Waals surface area contributed by atoms with Crippen LogP contribution in [0.15, 0.2) is 42.5 Å². The highest BCUT2D eigenvalue weighted by atomic mass is 16.1. The molecule has 0 aliphatic heterocycles. The second-order valence-corrected chi connectivity index (χ2v) is 6.39. The summed E-state index contributed by atoms with van der Waals surface area (Å²) in [6, 6.07) is 13.5. The fourth-order valence-corrected chi connectivity index (χ4v) is 2.60. The molecule has 6 nitrogen and oxygen atoms in total. The molecule has 0 saturated heterocycles. The van der Waals surface area contributed by atoms with Crippen molar-refractivity contribution in [3.8, 4) is 11.4 Å². The Hall–Kier alpha value is -3.02. The van der Waals surface area contributed by atoms with Gasteiger partial charge in [0.25, 0.3) is 5.91 Å². The van der Waals surface area contributed by atoms with Crippen molar-refractivity contribution in [2.45, 2.75) is 33.7 Å². The molecule has 1 heterocycles. The van der Waals surface area contributed by atoms with E-state index in [4.69, 9.17) is 0 Å². The maximum atomic E-state index is 12.6. The van der Waals surface area contributed by atoms with Gasteiger partial charge < -0.3 is 5.32 Å². The van der Waals surface area contributed by atoms with Crippen LogP contribution < -0.4 is 5.32 Å². The van der Waals surface area contributed by atoms with Crippen molar-refractivity contribution in [1.29, 1.82) is 0 Å². The quantitative estimate of drug-likeness (QED) is 0.787. The minimum absolute atomic E-state index is 0.137. The standard InChI is InChI=1S/C19H21N5O/c1-12(2)24-18(21-22-23-24)15-6-5-7-16(11-15)19(25)20-17-10-13(3)8-9-14(17)4/h5-12H,1-4H3,(H,20,25). The minimum atomic E-state index is -0.154. The van der Waals surface area contributed by atoms with E-state index in [0.717, 1.165) is 22.4 Å². The fraction of sp³-hybridized carbons (Fsp3) is 0.263. The third-order valence-electron chi connectivity index (χ3n) is 4.01. The molecule has 3 rings (SSSR count). The average Bonchev–Trinajstić information content (AvgIpc) is 3.08. The number of anilines is 1. The van der Waals surface area contributed by atoms with E-state index in [1.54, 1.807) is 10.7 Å². The van der Waals surface area contributed by atoms with Gasteiger partial charge in [-0.1, -0.05) is 24.3 Å². The van der Waals surface area contributed by atoms with E-state index >= 15 is 0 Å². The normalized spacial score (nSPS) is 10.9. The number of carbonyl (C=O) groups is 1. The molecule has 1 amide bonds. The predicted molar refractivity (Wildman–Crippen MR) is 97.5 cm³/mol. The van der Waals surface area contributed by atoms with Crippen molar-refractivity contribution in [2.75, 3.05) is 5.32 Å². The molecule has 2 aromatic carbocycles. The Bertz CT molecular complexity index is 914. The van der Waals surface area contributed by atoms with Crippen LogP contribution in [0.1, 0.15) is 41.4 Å². The van der Waals surface area contributed by atoms with Gasteiger partial charge in [0.2, 0.25) is 0 Å². The smallest absolute Gasteiger partial charge is 0.255 e. The van der Waals surface area contributed by atoms with Crippen LogP contribution in [-0.4, -0.2) is 26.1 Å². The Morgan fingerprint density at radius 2 is 1.92 bits per heavy atom. The molecule has 3 aromatic rings. The van der Waals surface area contributed by atoms with Crippen LogP contribution in [-0.2, 0) is 0 Å². The lowest BCUT2D eigenvalue weighted by Crippen LogP contribution is -2.13. The molecule has 0 saturated carbocycles. The lowest BCUT2D eigenvalue weighted by molar-refractivity contribution is 0.102.